The van der Waals surface area contributed by atoms with E-state index >= 15 is 0 Å². The Morgan fingerprint density at radius 2 is 1.62 bits per heavy atom. The molecule has 6 unspecified atom stereocenters. The highest BCUT2D eigenvalue weighted by atomic mass is 127. The van der Waals surface area contributed by atoms with Crippen LogP contribution in [0.3, 0.4) is 0 Å². The Hall–Kier alpha value is -1.95. The maximum atomic E-state index is 14.0. The molecule has 3 fully saturated rings. The van der Waals surface area contributed by atoms with Gasteiger partial charge in [0.25, 0.3) is 11.8 Å². The molecule has 0 bridgehead atoms. The second kappa shape index (κ2) is 9.54. The molecule has 208 valence electrons. The third-order valence-corrected chi connectivity index (χ3v) is 11.6. The Bertz CT molecular complexity index is 1520. The molecule has 6 rings (SSSR count). The molecule has 7 nitrogen and oxygen atoms in total. The SMILES string of the molecule is Cc1cc(C2C3=CCC4C(=O)N(c5ccc(I)cc5)C(=O)C4C3CC3(Cl)C(=O)N(CBr)C(=O)C23Cl)cc(C)c1O. The largest absolute Gasteiger partial charge is 0.507 e. The van der Waals surface area contributed by atoms with E-state index in [0.29, 0.717) is 28.8 Å². The van der Waals surface area contributed by atoms with Crippen molar-refractivity contribution in [2.24, 2.45) is 17.8 Å². The smallest absolute Gasteiger partial charge is 0.254 e. The molecule has 4 aliphatic rings. The highest BCUT2D eigenvalue weighted by Gasteiger charge is 2.76. The number of carbonyl (C=O) groups is 4. The first-order chi connectivity index (χ1) is 18.9. The third-order valence-electron chi connectivity index (χ3n) is 8.95. The number of hydrogen-bond donors (Lipinski definition) is 1. The number of hydrogen-bond acceptors (Lipinski definition) is 5. The summed E-state index contributed by atoms with van der Waals surface area (Å²) in [6, 6.07) is 10.7. The van der Waals surface area contributed by atoms with Gasteiger partial charge in [-0.2, -0.15) is 0 Å². The molecule has 2 aliphatic carbocycles. The van der Waals surface area contributed by atoms with E-state index < -0.39 is 45.2 Å². The summed E-state index contributed by atoms with van der Waals surface area (Å²) in [5, 5.41) is 10.5. The normalized spacial score (nSPS) is 33.2. The number of alkyl halides is 3. The Morgan fingerprint density at radius 1 is 1.00 bits per heavy atom. The number of fused-ring (bicyclic) bond motifs is 4. The highest BCUT2D eigenvalue weighted by molar-refractivity contribution is 14.1. The average molecular weight is 758 g/mol. The monoisotopic (exact) mass is 756 g/mol. The minimum Gasteiger partial charge on any atom is -0.507 e. The number of nitrogens with zero attached hydrogens (tertiary/aromatic N) is 2. The molecule has 1 saturated carbocycles. The zero-order valence-corrected chi connectivity index (χ0v) is 26.7. The van der Waals surface area contributed by atoms with E-state index in [9.17, 15) is 24.3 Å². The van der Waals surface area contributed by atoms with E-state index in [1.807, 2.05) is 18.2 Å². The first-order valence-electron chi connectivity index (χ1n) is 12.8. The van der Waals surface area contributed by atoms with Crippen molar-refractivity contribution in [2.75, 3.05) is 10.4 Å². The first kappa shape index (κ1) is 28.2. The zero-order chi connectivity index (χ0) is 28.9. The van der Waals surface area contributed by atoms with Crippen molar-refractivity contribution in [3.05, 3.63) is 68.3 Å². The average Bonchev–Trinajstić information content (AvgIpc) is 3.25. The molecule has 2 aliphatic heterocycles. The standard InChI is InChI=1S/C29H24BrCl2IN2O5/c1-13-9-15(10-14(2)23(13)36)22-18-7-8-19-21(25(38)35(24(19)37)17-5-3-16(33)4-6-17)20(18)11-28(31)26(39)34(12-30)27(40)29(22,28)32/h3-7,9-10,19-22,36H,8,11-12H2,1-2H3. The number of benzene rings is 2. The van der Waals surface area contributed by atoms with Crippen LogP contribution in [0.25, 0.3) is 0 Å². The van der Waals surface area contributed by atoms with Crippen LogP contribution in [0.2, 0.25) is 0 Å². The van der Waals surface area contributed by atoms with E-state index in [-0.39, 0.29) is 29.4 Å². The molecule has 2 saturated heterocycles. The lowest BCUT2D eigenvalue weighted by atomic mass is 9.56. The third kappa shape index (κ3) is 3.59. The molecule has 1 N–H and O–H groups in total. The number of allylic oxidation sites excluding steroid dienone is 2. The number of amides is 4. The number of rotatable bonds is 3. The van der Waals surface area contributed by atoms with E-state index in [4.69, 9.17) is 23.2 Å². The molecule has 2 heterocycles. The van der Waals surface area contributed by atoms with Gasteiger partial charge in [-0.1, -0.05) is 39.7 Å². The fourth-order valence-electron chi connectivity index (χ4n) is 7.13. The number of imide groups is 2. The Labute approximate surface area is 263 Å². The number of aromatic hydroxyl groups is 1. The fraction of sp³-hybridized carbons (Fsp3) is 0.379. The lowest BCUT2D eigenvalue weighted by Gasteiger charge is -2.51. The first-order valence-corrected chi connectivity index (χ1v) is 15.8. The van der Waals surface area contributed by atoms with Crippen molar-refractivity contribution in [3.63, 3.8) is 0 Å². The van der Waals surface area contributed by atoms with E-state index in [1.165, 1.54) is 4.90 Å². The van der Waals surface area contributed by atoms with E-state index in [2.05, 4.69) is 38.5 Å². The maximum Gasteiger partial charge on any atom is 0.254 e. The van der Waals surface area contributed by atoms with Gasteiger partial charge in [0.1, 0.15) is 5.75 Å². The quantitative estimate of drug-likeness (QED) is 0.146. The second-order valence-corrected chi connectivity index (χ2v) is 14.0. The molecule has 11 heteroatoms. The van der Waals surface area contributed by atoms with Crippen molar-refractivity contribution in [1.29, 1.82) is 0 Å². The summed E-state index contributed by atoms with van der Waals surface area (Å²) >= 11 is 19.9. The summed E-state index contributed by atoms with van der Waals surface area (Å²) in [7, 11) is 0. The molecule has 2 aromatic rings. The van der Waals surface area contributed by atoms with Gasteiger partial charge >= 0.3 is 0 Å². The van der Waals surface area contributed by atoms with Crippen molar-refractivity contribution in [1.82, 2.24) is 4.90 Å². The summed E-state index contributed by atoms with van der Waals surface area (Å²) in [4.78, 5) is 53.8. The van der Waals surface area contributed by atoms with E-state index in [1.54, 1.807) is 38.1 Å². The van der Waals surface area contributed by atoms with E-state index in [0.717, 1.165) is 14.0 Å². The number of aryl methyl sites for hydroxylation is 2. The van der Waals surface area contributed by atoms with Crippen LogP contribution in [0.15, 0.2) is 48.0 Å². The molecule has 4 amide bonds. The van der Waals surface area contributed by atoms with Gasteiger partial charge in [-0.15, -0.1) is 23.2 Å². The van der Waals surface area contributed by atoms with Gasteiger partial charge < -0.3 is 5.11 Å². The Balaban J connectivity index is 1.53. The van der Waals surface area contributed by atoms with Crippen LogP contribution in [0.4, 0.5) is 5.69 Å². The van der Waals surface area contributed by atoms with Crippen LogP contribution >= 0.6 is 61.7 Å². The van der Waals surface area contributed by atoms with Crippen LogP contribution < -0.4 is 4.90 Å². The molecule has 2 aromatic carbocycles. The van der Waals surface area contributed by atoms with Crippen LogP contribution in [-0.4, -0.2) is 48.8 Å². The van der Waals surface area contributed by atoms with Gasteiger partial charge in [0.05, 0.1) is 23.0 Å². The summed E-state index contributed by atoms with van der Waals surface area (Å²) in [5.74, 6) is -4.60. The van der Waals surface area contributed by atoms with Crippen molar-refractivity contribution < 1.29 is 24.3 Å². The number of likely N-dealkylation sites (tertiary alicyclic amines) is 1. The number of halogens is 4. The van der Waals surface area contributed by atoms with Crippen molar-refractivity contribution >= 4 is 91.0 Å². The lowest BCUT2D eigenvalue weighted by Crippen LogP contribution is -2.60. The number of anilines is 1. The molecule has 40 heavy (non-hydrogen) atoms. The summed E-state index contributed by atoms with van der Waals surface area (Å²) in [5.41, 5.74) is 2.91. The maximum absolute atomic E-state index is 14.0. The number of phenols is 1. The fourth-order valence-corrected chi connectivity index (χ4v) is 8.91. The van der Waals surface area contributed by atoms with Gasteiger partial charge in [0.15, 0.2) is 9.75 Å². The number of phenolic OH excluding ortho intramolecular Hbond substituents is 1. The number of carbonyl (C=O) groups excluding carboxylic acids is 4. The molecular formula is C29H24BrCl2IN2O5. The van der Waals surface area contributed by atoms with Gasteiger partial charge in [-0.25, -0.2) is 0 Å². The minimum atomic E-state index is -1.87. The second-order valence-electron chi connectivity index (χ2n) is 11.0. The van der Waals surface area contributed by atoms with Gasteiger partial charge in [-0.05, 0) is 96.2 Å². The lowest BCUT2D eigenvalue weighted by molar-refractivity contribution is -0.138. The Kier molecular flexibility index (Phi) is 6.72. The predicted octanol–water partition coefficient (Wildman–Crippen LogP) is 5.53. The Morgan fingerprint density at radius 3 is 2.23 bits per heavy atom. The van der Waals surface area contributed by atoms with Crippen LogP contribution in [0, 0.1) is 35.2 Å². The highest BCUT2D eigenvalue weighted by Crippen LogP contribution is 2.65. The molecule has 0 spiro atoms. The molecule has 6 atom stereocenters. The zero-order valence-electron chi connectivity index (χ0n) is 21.5. The summed E-state index contributed by atoms with van der Waals surface area (Å²) in [6.45, 7) is 3.49. The summed E-state index contributed by atoms with van der Waals surface area (Å²) in [6.07, 6.45) is 2.14. The minimum absolute atomic E-state index is 0.0643. The van der Waals surface area contributed by atoms with Crippen molar-refractivity contribution in [3.8, 4) is 5.75 Å². The van der Waals surface area contributed by atoms with Crippen LogP contribution in [0.5, 0.6) is 5.75 Å². The predicted molar refractivity (Wildman–Crippen MR) is 163 cm³/mol. The van der Waals surface area contributed by atoms with Gasteiger partial charge in [0.2, 0.25) is 11.8 Å². The van der Waals surface area contributed by atoms with Gasteiger partial charge in [-0.3, -0.25) is 29.0 Å². The summed E-state index contributed by atoms with van der Waals surface area (Å²) < 4.78 is 0.972. The molecule has 0 aromatic heterocycles. The molecule has 0 radical (unpaired) electrons. The topological polar surface area (TPSA) is 95.0 Å². The van der Waals surface area contributed by atoms with Crippen molar-refractivity contribution in [2.45, 2.75) is 42.4 Å². The van der Waals surface area contributed by atoms with Crippen LogP contribution in [-0.2, 0) is 19.2 Å². The van der Waals surface area contributed by atoms with Gasteiger partial charge in [0, 0.05) is 9.49 Å². The van der Waals surface area contributed by atoms with Crippen LogP contribution in [0.1, 0.15) is 35.4 Å². The molecular weight excluding hydrogens is 734 g/mol.